The van der Waals surface area contributed by atoms with Crippen LogP contribution in [0.25, 0.3) is 0 Å². The van der Waals surface area contributed by atoms with Gasteiger partial charge in [0.2, 0.25) is 5.91 Å². The molecule has 2 aromatic rings. The Kier molecular flexibility index (Phi) is 8.16. The van der Waals surface area contributed by atoms with Crippen LogP contribution in [-0.2, 0) is 22.5 Å². The van der Waals surface area contributed by atoms with Gasteiger partial charge in [0.25, 0.3) is 0 Å². The fourth-order valence-corrected chi connectivity index (χ4v) is 4.01. The van der Waals surface area contributed by atoms with Crippen molar-refractivity contribution in [3.8, 4) is 11.5 Å². The Morgan fingerprint density at radius 3 is 2.27 bits per heavy atom. The number of anilines is 1. The van der Waals surface area contributed by atoms with E-state index in [4.69, 9.17) is 14.2 Å². The van der Waals surface area contributed by atoms with Crippen LogP contribution < -0.4 is 14.8 Å². The molecule has 0 saturated carbocycles. The van der Waals surface area contributed by atoms with Crippen LogP contribution >= 0.6 is 0 Å². The number of aryl methyl sites for hydroxylation is 2. The summed E-state index contributed by atoms with van der Waals surface area (Å²) in [6.07, 6.45) is 0.716. The molecule has 33 heavy (non-hydrogen) atoms. The van der Waals surface area contributed by atoms with Gasteiger partial charge in [0, 0.05) is 32.4 Å². The first-order valence-electron chi connectivity index (χ1n) is 11.0. The van der Waals surface area contributed by atoms with Crippen molar-refractivity contribution in [3.05, 3.63) is 52.6 Å². The van der Waals surface area contributed by atoms with Crippen LogP contribution in [0.1, 0.15) is 22.3 Å². The second kappa shape index (κ2) is 11.0. The number of amides is 3. The topological polar surface area (TPSA) is 80.3 Å². The zero-order valence-electron chi connectivity index (χ0n) is 20.1. The molecule has 0 saturated heterocycles. The van der Waals surface area contributed by atoms with E-state index in [2.05, 4.69) is 5.32 Å². The number of hydrogen-bond donors (Lipinski definition) is 1. The molecule has 1 heterocycles. The number of fused-ring (bicyclic) bond motifs is 1. The Hall–Kier alpha value is -3.26. The Balaban J connectivity index is 1.72. The maximum Gasteiger partial charge on any atom is 0.322 e. The molecule has 178 valence electrons. The average Bonchev–Trinajstić information content (AvgIpc) is 2.82. The number of ether oxygens (including phenoxy) is 3. The molecule has 1 aliphatic rings. The molecule has 0 bridgehead atoms. The molecule has 0 atom stereocenters. The van der Waals surface area contributed by atoms with Gasteiger partial charge in [-0.2, -0.15) is 0 Å². The lowest BCUT2D eigenvalue weighted by molar-refractivity contribution is -0.132. The van der Waals surface area contributed by atoms with Crippen molar-refractivity contribution >= 4 is 17.6 Å². The predicted molar refractivity (Wildman–Crippen MR) is 127 cm³/mol. The fraction of sp³-hybridized carbons (Fsp3) is 0.440. The molecule has 1 N–H and O–H groups in total. The third-order valence-corrected chi connectivity index (χ3v) is 5.96. The normalized spacial score (nSPS) is 12.7. The van der Waals surface area contributed by atoms with Crippen LogP contribution in [0.3, 0.4) is 0 Å². The van der Waals surface area contributed by atoms with Gasteiger partial charge in [-0.1, -0.05) is 18.2 Å². The smallest absolute Gasteiger partial charge is 0.322 e. The first-order valence-corrected chi connectivity index (χ1v) is 11.0. The minimum atomic E-state index is -0.318. The van der Waals surface area contributed by atoms with Gasteiger partial charge in [-0.3, -0.25) is 4.79 Å². The zero-order chi connectivity index (χ0) is 24.0. The molecular formula is C25H33N3O5. The van der Waals surface area contributed by atoms with Crippen LogP contribution in [0, 0.1) is 13.8 Å². The molecular weight excluding hydrogens is 422 g/mol. The minimum Gasteiger partial charge on any atom is -0.493 e. The summed E-state index contributed by atoms with van der Waals surface area (Å²) in [5.74, 6) is 1.22. The SMILES string of the molecule is COCCN(CC(=O)N1CCc2cc(OC)c(OC)cc2C1)C(=O)Nc1c(C)cccc1C. The van der Waals surface area contributed by atoms with Crippen LogP contribution in [0.2, 0.25) is 0 Å². The summed E-state index contributed by atoms with van der Waals surface area (Å²) in [6, 6.07) is 9.42. The Labute approximate surface area is 195 Å². The number of rotatable bonds is 8. The molecule has 3 amide bonds. The molecule has 0 aliphatic carbocycles. The van der Waals surface area contributed by atoms with Gasteiger partial charge in [0.15, 0.2) is 11.5 Å². The van der Waals surface area contributed by atoms with E-state index in [0.717, 1.165) is 27.9 Å². The molecule has 3 rings (SSSR count). The highest BCUT2D eigenvalue weighted by atomic mass is 16.5. The molecule has 0 spiro atoms. The maximum atomic E-state index is 13.2. The first-order chi connectivity index (χ1) is 15.9. The number of urea groups is 1. The van der Waals surface area contributed by atoms with Gasteiger partial charge >= 0.3 is 6.03 Å². The lowest BCUT2D eigenvalue weighted by atomic mass is 9.98. The second-order valence-corrected chi connectivity index (χ2v) is 8.15. The fourth-order valence-electron chi connectivity index (χ4n) is 4.01. The second-order valence-electron chi connectivity index (χ2n) is 8.15. The Bertz CT molecular complexity index is 988. The standard InChI is InChI=1S/C25H33N3O5/c1-17-7-6-8-18(2)24(17)26-25(30)28(11-12-31-3)16-23(29)27-10-9-19-13-21(32-4)22(33-5)14-20(19)15-27/h6-8,13-14H,9-12,15-16H2,1-5H3,(H,26,30). The molecule has 8 nitrogen and oxygen atoms in total. The number of hydrogen-bond acceptors (Lipinski definition) is 5. The molecule has 0 fully saturated rings. The highest BCUT2D eigenvalue weighted by molar-refractivity contribution is 5.93. The summed E-state index contributed by atoms with van der Waals surface area (Å²) in [4.78, 5) is 29.5. The minimum absolute atomic E-state index is 0.0251. The van der Waals surface area contributed by atoms with Crippen molar-refractivity contribution in [2.45, 2.75) is 26.8 Å². The predicted octanol–water partition coefficient (Wildman–Crippen LogP) is 3.39. The summed E-state index contributed by atoms with van der Waals surface area (Å²) in [5.41, 5.74) is 4.87. The highest BCUT2D eigenvalue weighted by Crippen LogP contribution is 2.33. The van der Waals surface area contributed by atoms with Gasteiger partial charge in [-0.25, -0.2) is 4.79 Å². The van der Waals surface area contributed by atoms with Crippen molar-refractivity contribution in [2.24, 2.45) is 0 Å². The quantitative estimate of drug-likeness (QED) is 0.660. The third kappa shape index (κ3) is 5.76. The molecule has 0 radical (unpaired) electrons. The molecule has 8 heteroatoms. The summed E-state index contributed by atoms with van der Waals surface area (Å²) in [7, 11) is 4.78. The number of carbonyl (C=O) groups is 2. The monoisotopic (exact) mass is 455 g/mol. The highest BCUT2D eigenvalue weighted by Gasteiger charge is 2.26. The van der Waals surface area contributed by atoms with Crippen LogP contribution in [-0.4, -0.2) is 69.3 Å². The van der Waals surface area contributed by atoms with E-state index in [9.17, 15) is 9.59 Å². The summed E-state index contributed by atoms with van der Waals surface area (Å²) in [5, 5.41) is 2.97. The van der Waals surface area contributed by atoms with Gasteiger partial charge in [0.05, 0.1) is 20.8 Å². The van der Waals surface area contributed by atoms with Crippen molar-refractivity contribution in [1.29, 1.82) is 0 Å². The number of carbonyl (C=O) groups excluding carboxylic acids is 2. The average molecular weight is 456 g/mol. The lowest BCUT2D eigenvalue weighted by Crippen LogP contribution is -2.47. The number of methoxy groups -OCH3 is 3. The van der Waals surface area contributed by atoms with Gasteiger partial charge in [-0.15, -0.1) is 0 Å². The van der Waals surface area contributed by atoms with Crippen molar-refractivity contribution in [2.75, 3.05) is 52.9 Å². The Morgan fingerprint density at radius 2 is 1.67 bits per heavy atom. The van der Waals surface area contributed by atoms with Crippen molar-refractivity contribution in [1.82, 2.24) is 9.80 Å². The number of nitrogens with zero attached hydrogens (tertiary/aromatic N) is 2. The van der Waals surface area contributed by atoms with Gasteiger partial charge in [-0.05, 0) is 54.7 Å². The van der Waals surface area contributed by atoms with Gasteiger partial charge in [0.1, 0.15) is 6.54 Å². The number of para-hydroxylation sites is 1. The van der Waals surface area contributed by atoms with Crippen LogP contribution in [0.5, 0.6) is 11.5 Å². The zero-order valence-corrected chi connectivity index (χ0v) is 20.1. The largest absolute Gasteiger partial charge is 0.493 e. The first kappa shape index (κ1) is 24.4. The van der Waals surface area contributed by atoms with Crippen molar-refractivity contribution < 1.29 is 23.8 Å². The van der Waals surface area contributed by atoms with E-state index in [1.807, 2.05) is 44.2 Å². The van der Waals surface area contributed by atoms with E-state index >= 15 is 0 Å². The van der Waals surface area contributed by atoms with E-state index < -0.39 is 0 Å². The van der Waals surface area contributed by atoms with Gasteiger partial charge < -0.3 is 29.3 Å². The molecule has 1 aliphatic heterocycles. The number of benzene rings is 2. The van der Waals surface area contributed by atoms with E-state index in [0.29, 0.717) is 44.2 Å². The number of nitrogens with one attached hydrogen (secondary N) is 1. The van der Waals surface area contributed by atoms with Crippen LogP contribution in [0.4, 0.5) is 10.5 Å². The van der Waals surface area contributed by atoms with E-state index in [-0.39, 0.29) is 18.5 Å². The summed E-state index contributed by atoms with van der Waals surface area (Å²) < 4.78 is 16.0. The summed E-state index contributed by atoms with van der Waals surface area (Å²) in [6.45, 7) is 5.57. The molecule has 2 aromatic carbocycles. The molecule has 0 aromatic heterocycles. The van der Waals surface area contributed by atoms with Crippen molar-refractivity contribution in [3.63, 3.8) is 0 Å². The van der Waals surface area contributed by atoms with Crippen LogP contribution in [0.15, 0.2) is 30.3 Å². The van der Waals surface area contributed by atoms with E-state index in [1.165, 1.54) is 4.90 Å². The Morgan fingerprint density at radius 1 is 1.03 bits per heavy atom. The van der Waals surface area contributed by atoms with E-state index in [1.54, 1.807) is 26.2 Å². The third-order valence-electron chi connectivity index (χ3n) is 5.96. The summed E-state index contributed by atoms with van der Waals surface area (Å²) >= 11 is 0. The maximum absolute atomic E-state index is 13.2. The lowest BCUT2D eigenvalue weighted by Gasteiger charge is -2.32. The molecule has 0 unspecified atom stereocenters.